The summed E-state index contributed by atoms with van der Waals surface area (Å²) in [4.78, 5) is 12.3. The van der Waals surface area contributed by atoms with Gasteiger partial charge in [0.1, 0.15) is 0 Å². The second-order valence-corrected chi connectivity index (χ2v) is 5.33. The first kappa shape index (κ1) is 16.3. The summed E-state index contributed by atoms with van der Waals surface area (Å²) in [6.45, 7) is 6.32. The van der Waals surface area contributed by atoms with Crippen LogP contribution in [0.2, 0.25) is 0 Å². The number of hydrogen-bond donors (Lipinski definition) is 2. The zero-order valence-electron chi connectivity index (χ0n) is 12.4. The van der Waals surface area contributed by atoms with Crippen molar-refractivity contribution in [2.75, 3.05) is 6.61 Å². The number of hydrogen-bond acceptors (Lipinski definition) is 2. The molecule has 108 valence electrons. The Labute approximate surface area is 121 Å². The van der Waals surface area contributed by atoms with E-state index >= 15 is 0 Å². The summed E-state index contributed by atoms with van der Waals surface area (Å²) in [5.74, 6) is 6.25. The smallest absolute Gasteiger partial charge is 0.252 e. The van der Waals surface area contributed by atoms with Gasteiger partial charge in [0.2, 0.25) is 0 Å². The van der Waals surface area contributed by atoms with Gasteiger partial charge in [-0.15, -0.1) is 0 Å². The van der Waals surface area contributed by atoms with E-state index in [2.05, 4.69) is 31.0 Å². The molecule has 1 unspecified atom stereocenters. The first-order valence-electron chi connectivity index (χ1n) is 7.04. The fourth-order valence-corrected chi connectivity index (χ4v) is 2.07. The molecule has 0 radical (unpaired) electrons. The number of nitrogens with one attached hydrogen (secondary N) is 1. The van der Waals surface area contributed by atoms with Gasteiger partial charge in [0, 0.05) is 18.0 Å². The van der Waals surface area contributed by atoms with Crippen molar-refractivity contribution in [1.29, 1.82) is 0 Å². The summed E-state index contributed by atoms with van der Waals surface area (Å²) in [7, 11) is 0. The fourth-order valence-electron chi connectivity index (χ4n) is 2.07. The van der Waals surface area contributed by atoms with E-state index in [1.165, 1.54) is 0 Å². The molecule has 1 rings (SSSR count). The Morgan fingerprint density at radius 3 is 2.65 bits per heavy atom. The van der Waals surface area contributed by atoms with Crippen LogP contribution >= 0.6 is 0 Å². The van der Waals surface area contributed by atoms with Gasteiger partial charge in [0.25, 0.3) is 5.91 Å². The van der Waals surface area contributed by atoms with E-state index in [9.17, 15) is 4.79 Å². The van der Waals surface area contributed by atoms with E-state index < -0.39 is 0 Å². The number of carbonyl (C=O) groups is 1. The highest BCUT2D eigenvalue weighted by Crippen LogP contribution is 2.09. The predicted octanol–water partition coefficient (Wildman–Crippen LogP) is 2.58. The molecule has 1 aromatic carbocycles. The molecule has 0 aliphatic rings. The second-order valence-electron chi connectivity index (χ2n) is 5.33. The van der Waals surface area contributed by atoms with Gasteiger partial charge in [-0.1, -0.05) is 37.8 Å². The van der Waals surface area contributed by atoms with Crippen LogP contribution in [0.3, 0.4) is 0 Å². The summed E-state index contributed by atoms with van der Waals surface area (Å²) in [6.07, 6.45) is 1.36. The fraction of sp³-hybridized carbons (Fsp3) is 0.471. The normalized spacial score (nSPS) is 11.7. The van der Waals surface area contributed by atoms with Crippen LogP contribution < -0.4 is 5.32 Å². The summed E-state index contributed by atoms with van der Waals surface area (Å²) >= 11 is 0. The molecule has 0 aliphatic heterocycles. The van der Waals surface area contributed by atoms with Crippen LogP contribution in [-0.4, -0.2) is 23.7 Å². The third-order valence-corrected chi connectivity index (χ3v) is 2.83. The van der Waals surface area contributed by atoms with Crippen LogP contribution in [0.25, 0.3) is 0 Å². The van der Waals surface area contributed by atoms with Crippen molar-refractivity contribution in [2.45, 2.75) is 39.7 Å². The van der Waals surface area contributed by atoms with Gasteiger partial charge >= 0.3 is 0 Å². The Hall–Kier alpha value is -1.79. The van der Waals surface area contributed by atoms with Gasteiger partial charge in [0.15, 0.2) is 0 Å². The molecule has 20 heavy (non-hydrogen) atoms. The molecule has 0 aromatic heterocycles. The van der Waals surface area contributed by atoms with E-state index in [0.29, 0.717) is 23.5 Å². The molecule has 3 nitrogen and oxygen atoms in total. The first-order valence-corrected chi connectivity index (χ1v) is 7.04. The lowest BCUT2D eigenvalue weighted by molar-refractivity contribution is 0.0936. The van der Waals surface area contributed by atoms with Crippen molar-refractivity contribution in [2.24, 2.45) is 5.92 Å². The topological polar surface area (TPSA) is 49.3 Å². The van der Waals surface area contributed by atoms with Crippen LogP contribution in [0.4, 0.5) is 0 Å². The molecule has 0 bridgehead atoms. The third-order valence-electron chi connectivity index (χ3n) is 2.83. The van der Waals surface area contributed by atoms with Gasteiger partial charge in [0.05, 0.1) is 12.2 Å². The maximum absolute atomic E-state index is 12.3. The first-order chi connectivity index (χ1) is 9.54. The molecule has 0 aliphatic carbocycles. The SMILES string of the molecule is CC(C)CC(C)NC(=O)c1ccccc1C#CCCO. The Kier molecular flexibility index (Phi) is 6.83. The van der Waals surface area contributed by atoms with Gasteiger partial charge in [-0.2, -0.15) is 0 Å². The highest BCUT2D eigenvalue weighted by molar-refractivity contribution is 5.96. The molecule has 0 spiro atoms. The van der Waals surface area contributed by atoms with Crippen LogP contribution in [0, 0.1) is 17.8 Å². The number of benzene rings is 1. The number of rotatable bonds is 5. The Balaban J connectivity index is 2.80. The predicted molar refractivity (Wildman–Crippen MR) is 81.4 cm³/mol. The minimum Gasteiger partial charge on any atom is -0.395 e. The molecule has 0 saturated carbocycles. The minimum absolute atomic E-state index is 0.0345. The van der Waals surface area contributed by atoms with Gasteiger partial charge in [-0.25, -0.2) is 0 Å². The zero-order chi connectivity index (χ0) is 15.0. The molecule has 1 aromatic rings. The largest absolute Gasteiger partial charge is 0.395 e. The number of carbonyl (C=O) groups excluding carboxylic acids is 1. The van der Waals surface area contributed by atoms with Crippen molar-refractivity contribution in [3.05, 3.63) is 35.4 Å². The third kappa shape index (κ3) is 5.46. The second kappa shape index (κ2) is 8.39. The average molecular weight is 273 g/mol. The van der Waals surface area contributed by atoms with Crippen molar-refractivity contribution in [1.82, 2.24) is 5.32 Å². The molecule has 2 N–H and O–H groups in total. The maximum Gasteiger partial charge on any atom is 0.252 e. The molecule has 3 heteroatoms. The van der Waals surface area contributed by atoms with Crippen molar-refractivity contribution in [3.8, 4) is 11.8 Å². The van der Waals surface area contributed by atoms with E-state index in [0.717, 1.165) is 6.42 Å². The Morgan fingerprint density at radius 1 is 1.30 bits per heavy atom. The highest BCUT2D eigenvalue weighted by atomic mass is 16.2. The van der Waals surface area contributed by atoms with E-state index in [1.54, 1.807) is 6.07 Å². The molecule has 1 atom stereocenters. The van der Waals surface area contributed by atoms with Crippen molar-refractivity contribution >= 4 is 5.91 Å². The van der Waals surface area contributed by atoms with Crippen molar-refractivity contribution < 1.29 is 9.90 Å². The summed E-state index contributed by atoms with van der Waals surface area (Å²) in [5, 5.41) is 11.7. The molecular weight excluding hydrogens is 250 g/mol. The monoisotopic (exact) mass is 273 g/mol. The standard InChI is InChI=1S/C17H23NO2/c1-13(2)12-14(3)18-17(20)16-10-5-4-8-15(16)9-6-7-11-19/h4-5,8,10,13-14,19H,7,11-12H2,1-3H3,(H,18,20). The van der Waals surface area contributed by atoms with Gasteiger partial charge in [-0.05, 0) is 31.4 Å². The van der Waals surface area contributed by atoms with Gasteiger partial charge in [-0.3, -0.25) is 4.79 Å². The molecule has 0 heterocycles. The highest BCUT2D eigenvalue weighted by Gasteiger charge is 2.13. The zero-order valence-corrected chi connectivity index (χ0v) is 12.4. The molecular formula is C17H23NO2. The average Bonchev–Trinajstić information content (AvgIpc) is 2.38. The van der Waals surface area contributed by atoms with E-state index in [1.807, 2.05) is 25.1 Å². The Morgan fingerprint density at radius 2 is 2.00 bits per heavy atom. The van der Waals surface area contributed by atoms with Crippen LogP contribution in [-0.2, 0) is 0 Å². The van der Waals surface area contributed by atoms with Crippen LogP contribution in [0.5, 0.6) is 0 Å². The minimum atomic E-state index is -0.0907. The number of amides is 1. The van der Waals surface area contributed by atoms with E-state index in [-0.39, 0.29) is 18.6 Å². The molecule has 0 fully saturated rings. The summed E-state index contributed by atoms with van der Waals surface area (Å²) in [5.41, 5.74) is 1.30. The summed E-state index contributed by atoms with van der Waals surface area (Å²) in [6, 6.07) is 7.43. The maximum atomic E-state index is 12.3. The summed E-state index contributed by atoms with van der Waals surface area (Å²) < 4.78 is 0. The lowest BCUT2D eigenvalue weighted by Crippen LogP contribution is -2.33. The number of aliphatic hydroxyl groups excluding tert-OH is 1. The van der Waals surface area contributed by atoms with Gasteiger partial charge < -0.3 is 10.4 Å². The van der Waals surface area contributed by atoms with E-state index in [4.69, 9.17) is 5.11 Å². The lowest BCUT2D eigenvalue weighted by atomic mass is 10.0. The van der Waals surface area contributed by atoms with Crippen LogP contribution in [0.15, 0.2) is 24.3 Å². The number of aliphatic hydroxyl groups is 1. The molecule has 1 amide bonds. The van der Waals surface area contributed by atoms with Crippen molar-refractivity contribution in [3.63, 3.8) is 0 Å². The van der Waals surface area contributed by atoms with Crippen LogP contribution in [0.1, 0.15) is 49.5 Å². The lowest BCUT2D eigenvalue weighted by Gasteiger charge is -2.16. The molecule has 0 saturated heterocycles. The Bertz CT molecular complexity index is 497. The quantitative estimate of drug-likeness (QED) is 0.810.